The molecule has 0 spiro atoms. The number of hydrogen-bond donors (Lipinski definition) is 0. The average molecular weight is 436 g/mol. The van der Waals surface area contributed by atoms with Crippen LogP contribution in [0.15, 0.2) is 36.4 Å². The maximum absolute atomic E-state index is 3.77. The number of aryl methyl sites for hydroxylation is 1. The van der Waals surface area contributed by atoms with Crippen molar-refractivity contribution in [2.75, 3.05) is 0 Å². The number of benzene rings is 2. The van der Waals surface area contributed by atoms with Crippen LogP contribution >= 0.6 is 0 Å². The second-order valence-electron chi connectivity index (χ2n) is 7.23. The van der Waals surface area contributed by atoms with Crippen molar-refractivity contribution >= 4 is 9.52 Å². The number of rotatable bonds is 1. The van der Waals surface area contributed by atoms with Crippen LogP contribution < -0.4 is 0 Å². The molecule has 0 heterocycles. The first-order valence-corrected chi connectivity index (χ1v) is 11.5. The SMILES string of the molecule is C[SiH]C.Cc1ccc2c(c1C)-c1c([c-]c(C3C=CC=C3)c(C)c1C)C2.[Zr]. The molecule has 0 aliphatic heterocycles. The van der Waals surface area contributed by atoms with Gasteiger partial charge in [-0.15, -0.1) is 22.3 Å². The first-order valence-electron chi connectivity index (χ1n) is 9.23. The van der Waals surface area contributed by atoms with Crippen LogP contribution in [0, 0.1) is 33.8 Å². The molecule has 0 unspecified atom stereocenters. The van der Waals surface area contributed by atoms with Gasteiger partial charge in [-0.2, -0.15) is 11.6 Å². The van der Waals surface area contributed by atoms with E-state index in [2.05, 4.69) is 83.3 Å². The molecule has 2 aromatic carbocycles. The van der Waals surface area contributed by atoms with E-state index in [4.69, 9.17) is 0 Å². The third kappa shape index (κ3) is 3.69. The van der Waals surface area contributed by atoms with Crippen LogP contribution in [-0.4, -0.2) is 9.52 Å². The second kappa shape index (κ2) is 8.81. The number of fused-ring (bicyclic) bond motifs is 3. The molecule has 0 bridgehead atoms. The third-order valence-electron chi connectivity index (χ3n) is 5.45. The van der Waals surface area contributed by atoms with E-state index >= 15 is 0 Å². The standard InChI is InChI=1S/C22H21.C2H7Si.Zr/c1-13-9-10-18-11-19-12-20(17-7-5-6-8-17)15(3)16(4)22(19)21(18)14(13)2;1-3-2;/h5-10,17H,11H2,1-4H3;3H,1-2H3;/q-1;;. The summed E-state index contributed by atoms with van der Waals surface area (Å²) in [4.78, 5) is 0. The van der Waals surface area contributed by atoms with Gasteiger partial charge in [-0.3, -0.25) is 0 Å². The van der Waals surface area contributed by atoms with Crippen LogP contribution in [-0.2, 0) is 32.6 Å². The van der Waals surface area contributed by atoms with Gasteiger partial charge in [0.2, 0.25) is 0 Å². The van der Waals surface area contributed by atoms with E-state index in [1.807, 2.05) is 0 Å². The Kier molecular flexibility index (Phi) is 7.22. The van der Waals surface area contributed by atoms with Crippen molar-refractivity contribution in [3.8, 4) is 11.1 Å². The van der Waals surface area contributed by atoms with Crippen LogP contribution in [0.3, 0.4) is 0 Å². The van der Waals surface area contributed by atoms with Crippen LogP contribution in [0.1, 0.15) is 44.9 Å². The molecule has 2 aliphatic carbocycles. The van der Waals surface area contributed by atoms with Gasteiger partial charge in [0.05, 0.1) is 0 Å². The van der Waals surface area contributed by atoms with Crippen molar-refractivity contribution in [3.63, 3.8) is 0 Å². The molecule has 0 atom stereocenters. The zero-order chi connectivity index (χ0) is 18.1. The molecule has 133 valence electrons. The molecule has 1 radical (unpaired) electrons. The van der Waals surface area contributed by atoms with Gasteiger partial charge in [-0.1, -0.05) is 74.5 Å². The zero-order valence-corrected chi connectivity index (χ0v) is 20.4. The summed E-state index contributed by atoms with van der Waals surface area (Å²) in [5.41, 5.74) is 12.8. The van der Waals surface area contributed by atoms with E-state index in [-0.39, 0.29) is 26.2 Å². The second-order valence-corrected chi connectivity index (χ2v) is 8.39. The van der Waals surface area contributed by atoms with Crippen LogP contribution in [0.2, 0.25) is 13.1 Å². The molecule has 2 heteroatoms. The predicted octanol–water partition coefficient (Wildman–Crippen LogP) is 6.02. The number of hydrogen-bond acceptors (Lipinski definition) is 0. The van der Waals surface area contributed by atoms with E-state index in [0.717, 1.165) is 15.9 Å². The summed E-state index contributed by atoms with van der Waals surface area (Å²) in [6, 6.07) is 8.32. The Morgan fingerprint density at radius 3 is 2.12 bits per heavy atom. The fraction of sp³-hybridized carbons (Fsp3) is 0.333. The quantitative estimate of drug-likeness (QED) is 0.324. The molecule has 0 N–H and O–H groups in total. The van der Waals surface area contributed by atoms with Gasteiger partial charge in [0.1, 0.15) is 0 Å². The summed E-state index contributed by atoms with van der Waals surface area (Å²) in [7, 11) is 0.750. The maximum Gasteiger partial charge on any atom is 0.0213 e. The first kappa shape index (κ1) is 21.3. The van der Waals surface area contributed by atoms with Gasteiger partial charge in [-0.05, 0) is 37.3 Å². The van der Waals surface area contributed by atoms with Crippen LogP contribution in [0.25, 0.3) is 11.1 Å². The molecule has 0 saturated carbocycles. The number of allylic oxidation sites excluding steroid dienone is 4. The molecule has 0 amide bonds. The van der Waals surface area contributed by atoms with Crippen molar-refractivity contribution in [2.45, 2.75) is 53.1 Å². The van der Waals surface area contributed by atoms with Crippen molar-refractivity contribution < 1.29 is 26.2 Å². The molecule has 0 nitrogen and oxygen atoms in total. The van der Waals surface area contributed by atoms with Gasteiger partial charge in [0.25, 0.3) is 0 Å². The Bertz CT molecular complexity index is 863. The largest absolute Gasteiger partial charge is 0.175 e. The van der Waals surface area contributed by atoms with Crippen molar-refractivity contribution in [2.24, 2.45) is 0 Å². The summed E-state index contributed by atoms with van der Waals surface area (Å²) in [6.07, 6.45) is 9.84. The van der Waals surface area contributed by atoms with E-state index in [9.17, 15) is 0 Å². The van der Waals surface area contributed by atoms with Crippen molar-refractivity contribution in [1.82, 2.24) is 0 Å². The molecule has 2 aliphatic rings. The summed E-state index contributed by atoms with van der Waals surface area (Å²) in [5, 5.41) is 0. The summed E-state index contributed by atoms with van der Waals surface area (Å²) >= 11 is 0. The Hall–Kier alpha value is -0.980. The van der Waals surface area contributed by atoms with Crippen molar-refractivity contribution in [3.05, 3.63) is 81.4 Å². The predicted molar refractivity (Wildman–Crippen MR) is 112 cm³/mol. The van der Waals surface area contributed by atoms with Crippen molar-refractivity contribution in [1.29, 1.82) is 0 Å². The Balaban J connectivity index is 0.000000570. The minimum atomic E-state index is 0. The van der Waals surface area contributed by atoms with E-state index in [1.165, 1.54) is 50.1 Å². The molecule has 4 rings (SSSR count). The topological polar surface area (TPSA) is 0 Å². The van der Waals surface area contributed by atoms with Gasteiger partial charge >= 0.3 is 0 Å². The molecular formula is C24H28SiZr-. The molecule has 0 fully saturated rings. The molecular weight excluding hydrogens is 408 g/mol. The zero-order valence-electron chi connectivity index (χ0n) is 16.8. The van der Waals surface area contributed by atoms with Gasteiger partial charge in [0, 0.05) is 35.7 Å². The minimum Gasteiger partial charge on any atom is -0.175 e. The summed E-state index contributed by atoms with van der Waals surface area (Å²) < 4.78 is 0. The smallest absolute Gasteiger partial charge is 0.0213 e. The summed E-state index contributed by atoms with van der Waals surface area (Å²) in [6.45, 7) is 13.4. The monoisotopic (exact) mass is 434 g/mol. The van der Waals surface area contributed by atoms with Gasteiger partial charge in [-0.25, -0.2) is 0 Å². The van der Waals surface area contributed by atoms with E-state index < -0.39 is 0 Å². The Morgan fingerprint density at radius 1 is 0.885 bits per heavy atom. The molecule has 0 saturated heterocycles. The van der Waals surface area contributed by atoms with Gasteiger partial charge in [0.15, 0.2) is 0 Å². The molecule has 2 aromatic rings. The minimum absolute atomic E-state index is 0. The fourth-order valence-electron chi connectivity index (χ4n) is 3.92. The Labute approximate surface area is 180 Å². The maximum atomic E-state index is 3.77. The first-order chi connectivity index (χ1) is 12.0. The fourth-order valence-corrected chi connectivity index (χ4v) is 3.92. The van der Waals surface area contributed by atoms with Gasteiger partial charge < -0.3 is 0 Å². The molecule has 26 heavy (non-hydrogen) atoms. The van der Waals surface area contributed by atoms with E-state index in [0.29, 0.717) is 5.92 Å². The van der Waals surface area contributed by atoms with Crippen LogP contribution in [0.4, 0.5) is 0 Å². The third-order valence-corrected chi connectivity index (χ3v) is 5.45. The Morgan fingerprint density at radius 2 is 1.50 bits per heavy atom. The normalized spacial score (nSPS) is 13.8. The van der Waals surface area contributed by atoms with E-state index in [1.54, 1.807) is 0 Å². The average Bonchev–Trinajstić information content (AvgIpc) is 3.22. The molecule has 0 aromatic heterocycles. The summed E-state index contributed by atoms with van der Waals surface area (Å²) in [5.74, 6) is 0.399. The van der Waals surface area contributed by atoms with Crippen LogP contribution in [0.5, 0.6) is 0 Å².